The van der Waals surface area contributed by atoms with E-state index in [0.29, 0.717) is 13.1 Å². The second kappa shape index (κ2) is 11.0. The third kappa shape index (κ3) is 6.82. The van der Waals surface area contributed by atoms with Crippen LogP contribution in [-0.4, -0.2) is 36.0 Å². The van der Waals surface area contributed by atoms with Crippen molar-refractivity contribution >= 4 is 29.9 Å². The molecule has 24 heavy (non-hydrogen) atoms. The molecule has 0 bridgehead atoms. The molecule has 0 aliphatic rings. The first-order chi connectivity index (χ1) is 11.2. The van der Waals surface area contributed by atoms with E-state index >= 15 is 0 Å². The van der Waals surface area contributed by atoms with Crippen molar-refractivity contribution in [2.24, 2.45) is 4.99 Å². The van der Waals surface area contributed by atoms with Gasteiger partial charge in [-0.2, -0.15) is 0 Å². The summed E-state index contributed by atoms with van der Waals surface area (Å²) >= 11 is 0. The van der Waals surface area contributed by atoms with Crippen molar-refractivity contribution in [1.29, 1.82) is 0 Å². The Labute approximate surface area is 160 Å². The van der Waals surface area contributed by atoms with Gasteiger partial charge in [-0.25, -0.2) is 4.39 Å². The fourth-order valence-electron chi connectivity index (χ4n) is 2.23. The first kappa shape index (κ1) is 20.3. The number of aliphatic imine (C=N–C) groups is 1. The van der Waals surface area contributed by atoms with Gasteiger partial charge < -0.3 is 10.2 Å². The fraction of sp³-hybridized carbons (Fsp3) is 0.333. The van der Waals surface area contributed by atoms with Crippen LogP contribution >= 0.6 is 24.0 Å². The molecule has 0 saturated carbocycles. The van der Waals surface area contributed by atoms with Crippen molar-refractivity contribution in [3.63, 3.8) is 0 Å². The van der Waals surface area contributed by atoms with Crippen molar-refractivity contribution in [2.75, 3.05) is 20.1 Å². The van der Waals surface area contributed by atoms with Crippen molar-refractivity contribution in [2.45, 2.75) is 19.9 Å². The van der Waals surface area contributed by atoms with Crippen LogP contribution in [0.1, 0.15) is 18.2 Å². The molecule has 0 atom stereocenters. The minimum Gasteiger partial charge on any atom is -0.357 e. The van der Waals surface area contributed by atoms with Gasteiger partial charge in [-0.3, -0.25) is 9.98 Å². The molecule has 1 aromatic carbocycles. The first-order valence-corrected chi connectivity index (χ1v) is 7.83. The summed E-state index contributed by atoms with van der Waals surface area (Å²) in [4.78, 5) is 11.0. The SMILES string of the molecule is CCNC(=NCCc1ccccn1)N(C)Cc1ccc(F)cc1.I. The number of hydrogen-bond donors (Lipinski definition) is 1. The molecule has 0 aliphatic heterocycles. The van der Waals surface area contributed by atoms with Crippen molar-refractivity contribution in [3.05, 3.63) is 65.7 Å². The van der Waals surface area contributed by atoms with Gasteiger partial charge in [0.15, 0.2) is 5.96 Å². The zero-order valence-electron chi connectivity index (χ0n) is 14.1. The van der Waals surface area contributed by atoms with Gasteiger partial charge in [-0.15, -0.1) is 24.0 Å². The van der Waals surface area contributed by atoms with Gasteiger partial charge in [0.05, 0.1) is 0 Å². The lowest BCUT2D eigenvalue weighted by Crippen LogP contribution is -2.38. The maximum atomic E-state index is 13.0. The third-order valence-corrected chi connectivity index (χ3v) is 3.39. The zero-order valence-corrected chi connectivity index (χ0v) is 16.4. The number of pyridine rings is 1. The van der Waals surface area contributed by atoms with Crippen LogP contribution in [0.3, 0.4) is 0 Å². The summed E-state index contributed by atoms with van der Waals surface area (Å²) in [6.07, 6.45) is 2.60. The van der Waals surface area contributed by atoms with E-state index in [1.807, 2.05) is 37.1 Å². The van der Waals surface area contributed by atoms with Crippen LogP contribution in [0, 0.1) is 5.82 Å². The van der Waals surface area contributed by atoms with E-state index in [0.717, 1.165) is 30.2 Å². The molecule has 1 N–H and O–H groups in total. The molecule has 0 amide bonds. The Balaban J connectivity index is 0.00000288. The largest absolute Gasteiger partial charge is 0.357 e. The van der Waals surface area contributed by atoms with E-state index in [4.69, 9.17) is 0 Å². The molecule has 130 valence electrons. The van der Waals surface area contributed by atoms with Gasteiger partial charge in [0, 0.05) is 45.0 Å². The molecule has 6 heteroatoms. The minimum atomic E-state index is -0.215. The monoisotopic (exact) mass is 442 g/mol. The Bertz CT molecular complexity index is 617. The molecular formula is C18H24FIN4. The summed E-state index contributed by atoms with van der Waals surface area (Å²) in [6, 6.07) is 12.4. The van der Waals surface area contributed by atoms with Gasteiger partial charge in [-0.05, 0) is 36.8 Å². The first-order valence-electron chi connectivity index (χ1n) is 7.83. The van der Waals surface area contributed by atoms with Crippen LogP contribution in [0.2, 0.25) is 0 Å². The summed E-state index contributed by atoms with van der Waals surface area (Å²) in [5, 5.41) is 3.28. The van der Waals surface area contributed by atoms with Gasteiger partial charge >= 0.3 is 0 Å². The number of halogens is 2. The molecule has 0 unspecified atom stereocenters. The molecule has 4 nitrogen and oxygen atoms in total. The molecule has 2 rings (SSSR count). The maximum absolute atomic E-state index is 13.0. The van der Waals surface area contributed by atoms with Crippen molar-refractivity contribution in [3.8, 4) is 0 Å². The standard InChI is InChI=1S/C18H23FN4.HI/c1-3-20-18(22-13-11-17-6-4-5-12-21-17)23(2)14-15-7-9-16(19)10-8-15;/h4-10,12H,3,11,13-14H2,1-2H3,(H,20,22);1H. The highest BCUT2D eigenvalue weighted by atomic mass is 127. The lowest BCUT2D eigenvalue weighted by atomic mass is 10.2. The number of nitrogens with zero attached hydrogens (tertiary/aromatic N) is 3. The molecule has 0 fully saturated rings. The van der Waals surface area contributed by atoms with Crippen molar-refractivity contribution in [1.82, 2.24) is 15.2 Å². The van der Waals surface area contributed by atoms with E-state index in [1.54, 1.807) is 18.3 Å². The Hall–Kier alpha value is -1.70. The second-order valence-corrected chi connectivity index (χ2v) is 5.29. The Kier molecular flexibility index (Phi) is 9.29. The predicted molar refractivity (Wildman–Crippen MR) is 107 cm³/mol. The molecule has 0 radical (unpaired) electrons. The molecule has 0 spiro atoms. The number of hydrogen-bond acceptors (Lipinski definition) is 2. The highest BCUT2D eigenvalue weighted by Gasteiger charge is 2.06. The highest BCUT2D eigenvalue weighted by Crippen LogP contribution is 2.06. The average molecular weight is 442 g/mol. The van der Waals surface area contributed by atoms with Crippen LogP contribution in [0.5, 0.6) is 0 Å². The molecule has 0 saturated heterocycles. The Morgan fingerprint density at radius 3 is 2.58 bits per heavy atom. The normalized spacial score (nSPS) is 10.9. The average Bonchev–Trinajstić information content (AvgIpc) is 2.57. The van der Waals surface area contributed by atoms with Crippen LogP contribution in [0.25, 0.3) is 0 Å². The number of rotatable bonds is 6. The van der Waals surface area contributed by atoms with Crippen LogP contribution in [0.15, 0.2) is 53.7 Å². The quantitative estimate of drug-likeness (QED) is 0.423. The summed E-state index contributed by atoms with van der Waals surface area (Å²) in [6.45, 7) is 4.19. The highest BCUT2D eigenvalue weighted by molar-refractivity contribution is 14.0. The van der Waals surface area contributed by atoms with Gasteiger partial charge in [0.2, 0.25) is 0 Å². The fourth-order valence-corrected chi connectivity index (χ4v) is 2.23. The van der Waals surface area contributed by atoms with Crippen LogP contribution < -0.4 is 5.32 Å². The summed E-state index contributed by atoms with van der Waals surface area (Å²) in [7, 11) is 1.98. The Morgan fingerprint density at radius 1 is 1.21 bits per heavy atom. The number of nitrogens with one attached hydrogen (secondary N) is 1. The molecule has 1 heterocycles. The molecule has 2 aromatic rings. The smallest absolute Gasteiger partial charge is 0.193 e. The topological polar surface area (TPSA) is 40.5 Å². The van der Waals surface area contributed by atoms with Gasteiger partial charge in [0.1, 0.15) is 5.82 Å². The summed E-state index contributed by atoms with van der Waals surface area (Å²) in [5.74, 6) is 0.625. The van der Waals surface area contributed by atoms with E-state index in [9.17, 15) is 4.39 Å². The molecule has 1 aromatic heterocycles. The second-order valence-electron chi connectivity index (χ2n) is 5.29. The van der Waals surface area contributed by atoms with Gasteiger partial charge in [-0.1, -0.05) is 18.2 Å². The van der Waals surface area contributed by atoms with Crippen molar-refractivity contribution < 1.29 is 4.39 Å². The van der Waals surface area contributed by atoms with Crippen LogP contribution in [0.4, 0.5) is 4.39 Å². The lowest BCUT2D eigenvalue weighted by molar-refractivity contribution is 0.476. The Morgan fingerprint density at radius 2 is 1.96 bits per heavy atom. The molecular weight excluding hydrogens is 418 g/mol. The number of guanidine groups is 1. The predicted octanol–water partition coefficient (Wildman–Crippen LogP) is 3.48. The van der Waals surface area contributed by atoms with E-state index in [1.165, 1.54) is 12.1 Å². The zero-order chi connectivity index (χ0) is 16.5. The lowest BCUT2D eigenvalue weighted by Gasteiger charge is -2.22. The van der Waals surface area contributed by atoms with E-state index in [-0.39, 0.29) is 29.8 Å². The number of benzene rings is 1. The number of aromatic nitrogens is 1. The summed E-state index contributed by atoms with van der Waals surface area (Å²) in [5.41, 5.74) is 2.08. The van der Waals surface area contributed by atoms with Gasteiger partial charge in [0.25, 0.3) is 0 Å². The minimum absolute atomic E-state index is 0. The molecule has 0 aliphatic carbocycles. The summed E-state index contributed by atoms with van der Waals surface area (Å²) < 4.78 is 13.0. The van der Waals surface area contributed by atoms with E-state index < -0.39 is 0 Å². The van der Waals surface area contributed by atoms with E-state index in [2.05, 4.69) is 15.3 Å². The third-order valence-electron chi connectivity index (χ3n) is 3.39. The van der Waals surface area contributed by atoms with Crippen LogP contribution in [-0.2, 0) is 13.0 Å². The maximum Gasteiger partial charge on any atom is 0.193 e.